The largest absolute Gasteiger partial charge is 0.383 e. The van der Waals surface area contributed by atoms with Crippen LogP contribution < -0.4 is 5.32 Å². The number of nitrogens with zero attached hydrogens (tertiary/aromatic N) is 2. The predicted octanol–water partition coefficient (Wildman–Crippen LogP) is 3.90. The van der Waals surface area contributed by atoms with Crippen LogP contribution in [-0.4, -0.2) is 30.7 Å². The van der Waals surface area contributed by atoms with E-state index in [4.69, 9.17) is 4.74 Å². The summed E-state index contributed by atoms with van der Waals surface area (Å²) in [5, 5.41) is 12.6. The summed E-state index contributed by atoms with van der Waals surface area (Å²) >= 11 is 0. The van der Waals surface area contributed by atoms with Crippen molar-refractivity contribution in [2.24, 2.45) is 0 Å². The zero-order chi connectivity index (χ0) is 20.9. The third-order valence-corrected chi connectivity index (χ3v) is 6.08. The number of carbonyl (C=O) groups is 1. The molecule has 1 saturated carbocycles. The number of nitrogens with one attached hydrogen (secondary N) is 1. The van der Waals surface area contributed by atoms with Gasteiger partial charge in [0.1, 0.15) is 11.6 Å². The molecule has 1 aliphatic carbocycles. The molecule has 1 aromatic heterocycles. The molecule has 3 rings (SSSR count). The highest BCUT2D eigenvalue weighted by Crippen LogP contribution is 2.43. The number of benzene rings is 1. The summed E-state index contributed by atoms with van der Waals surface area (Å²) in [6, 6.07) is 14.4. The molecule has 152 valence electrons. The molecular weight excluding hydrogens is 362 g/mol. The van der Waals surface area contributed by atoms with Crippen LogP contribution in [-0.2, 0) is 21.5 Å². The number of ether oxygens (including phenoxy) is 1. The summed E-state index contributed by atoms with van der Waals surface area (Å²) in [6.45, 7) is 5.94. The zero-order valence-electron chi connectivity index (χ0n) is 17.5. The van der Waals surface area contributed by atoms with Gasteiger partial charge in [0, 0.05) is 37.0 Å². The molecule has 0 spiro atoms. The quantitative estimate of drug-likeness (QED) is 0.548. The number of aryl methyl sites for hydroxylation is 1. The fourth-order valence-electron chi connectivity index (χ4n) is 4.11. The molecule has 0 unspecified atom stereocenters. The molecular formula is C24H29N3O2. The van der Waals surface area contributed by atoms with Crippen molar-refractivity contribution < 1.29 is 9.53 Å². The van der Waals surface area contributed by atoms with Crippen molar-refractivity contribution in [1.29, 1.82) is 5.26 Å². The number of rotatable bonds is 8. The van der Waals surface area contributed by atoms with Gasteiger partial charge in [-0.25, -0.2) is 0 Å². The first-order chi connectivity index (χ1) is 14.0. The lowest BCUT2D eigenvalue weighted by atomic mass is 9.64. The van der Waals surface area contributed by atoms with Gasteiger partial charge in [-0.2, -0.15) is 5.26 Å². The third kappa shape index (κ3) is 4.44. The Morgan fingerprint density at radius 1 is 1.31 bits per heavy atom. The molecule has 5 heteroatoms. The van der Waals surface area contributed by atoms with Gasteiger partial charge in [-0.1, -0.05) is 36.8 Å². The first-order valence-electron chi connectivity index (χ1n) is 10.1. The monoisotopic (exact) mass is 391 g/mol. The molecule has 1 aromatic carbocycles. The number of hydrogen-bond donors (Lipinski definition) is 1. The third-order valence-electron chi connectivity index (χ3n) is 6.08. The van der Waals surface area contributed by atoms with Crippen LogP contribution in [0, 0.1) is 25.2 Å². The molecule has 0 bridgehead atoms. The van der Waals surface area contributed by atoms with Gasteiger partial charge < -0.3 is 14.6 Å². The molecule has 0 radical (unpaired) electrons. The van der Waals surface area contributed by atoms with E-state index in [1.165, 1.54) is 12.0 Å². The Balaban J connectivity index is 1.74. The molecule has 0 aliphatic heterocycles. The van der Waals surface area contributed by atoms with Crippen LogP contribution in [0.3, 0.4) is 0 Å². The molecule has 1 heterocycles. The van der Waals surface area contributed by atoms with Crippen molar-refractivity contribution in [3.8, 4) is 6.07 Å². The molecule has 1 amide bonds. The summed E-state index contributed by atoms with van der Waals surface area (Å²) in [7, 11) is 1.68. The van der Waals surface area contributed by atoms with Crippen molar-refractivity contribution in [3.63, 3.8) is 0 Å². The van der Waals surface area contributed by atoms with Crippen LogP contribution in [0.15, 0.2) is 42.0 Å². The van der Waals surface area contributed by atoms with Crippen LogP contribution in [0.4, 0.5) is 0 Å². The predicted molar refractivity (Wildman–Crippen MR) is 114 cm³/mol. The number of aromatic nitrogens is 1. The Morgan fingerprint density at radius 2 is 2.03 bits per heavy atom. The lowest BCUT2D eigenvalue weighted by Gasteiger charge is -2.42. The van der Waals surface area contributed by atoms with Gasteiger partial charge in [0.05, 0.1) is 6.61 Å². The Kier molecular flexibility index (Phi) is 6.56. The van der Waals surface area contributed by atoms with Crippen molar-refractivity contribution in [3.05, 3.63) is 64.5 Å². The van der Waals surface area contributed by atoms with Gasteiger partial charge in [0.25, 0.3) is 5.91 Å². The van der Waals surface area contributed by atoms with Crippen molar-refractivity contribution >= 4 is 12.0 Å². The molecule has 5 nitrogen and oxygen atoms in total. The molecule has 1 fully saturated rings. The highest BCUT2D eigenvalue weighted by Gasteiger charge is 2.38. The Morgan fingerprint density at radius 3 is 2.62 bits per heavy atom. The maximum absolute atomic E-state index is 12.7. The fraction of sp³-hybridized carbons (Fsp3) is 0.417. The number of carbonyl (C=O) groups excluding carboxylic acids is 1. The maximum atomic E-state index is 12.7. The lowest BCUT2D eigenvalue weighted by Crippen LogP contribution is -2.45. The second-order valence-electron chi connectivity index (χ2n) is 7.82. The SMILES string of the molecule is COCCn1c(C)cc(/C=C(\C#N)C(=O)NCC2(c3ccccc3)CCC2)c1C. The minimum atomic E-state index is -0.309. The van der Waals surface area contributed by atoms with Gasteiger partial charge in [0.2, 0.25) is 0 Å². The summed E-state index contributed by atoms with van der Waals surface area (Å²) < 4.78 is 7.31. The molecule has 29 heavy (non-hydrogen) atoms. The first-order valence-corrected chi connectivity index (χ1v) is 10.1. The number of nitriles is 1. The van der Waals surface area contributed by atoms with E-state index in [2.05, 4.69) is 28.1 Å². The first kappa shape index (κ1) is 20.9. The summed E-state index contributed by atoms with van der Waals surface area (Å²) in [4.78, 5) is 12.7. The Hall–Kier alpha value is -2.84. The van der Waals surface area contributed by atoms with Gasteiger partial charge in [0.15, 0.2) is 0 Å². The van der Waals surface area contributed by atoms with E-state index in [-0.39, 0.29) is 16.9 Å². The van der Waals surface area contributed by atoms with Crippen molar-refractivity contribution in [2.45, 2.75) is 45.1 Å². The van der Waals surface area contributed by atoms with Crippen LogP contribution in [0.25, 0.3) is 6.08 Å². The van der Waals surface area contributed by atoms with E-state index >= 15 is 0 Å². The average Bonchev–Trinajstić information content (AvgIpc) is 2.97. The highest BCUT2D eigenvalue weighted by molar-refractivity contribution is 6.01. The standard InChI is InChI=1S/C24H29N3O2/c1-18-14-20(19(2)27(18)12-13-29-3)15-21(16-25)23(28)26-17-24(10-7-11-24)22-8-5-4-6-9-22/h4-6,8-9,14-15H,7,10-13,17H2,1-3H3,(H,26,28)/b21-15+. The van der Waals surface area contributed by atoms with Crippen molar-refractivity contribution in [1.82, 2.24) is 9.88 Å². The topological polar surface area (TPSA) is 67.0 Å². The van der Waals surface area contributed by atoms with Crippen LogP contribution in [0.1, 0.15) is 41.8 Å². The van der Waals surface area contributed by atoms with Crippen LogP contribution >= 0.6 is 0 Å². The van der Waals surface area contributed by atoms with Gasteiger partial charge >= 0.3 is 0 Å². The number of methoxy groups -OCH3 is 1. The van der Waals surface area contributed by atoms with Crippen LogP contribution in [0.5, 0.6) is 0 Å². The van der Waals surface area contributed by atoms with E-state index in [0.29, 0.717) is 13.2 Å². The fourth-order valence-corrected chi connectivity index (χ4v) is 4.11. The minimum absolute atomic E-state index is 0.00648. The average molecular weight is 392 g/mol. The Labute approximate surface area is 173 Å². The second-order valence-corrected chi connectivity index (χ2v) is 7.82. The molecule has 1 N–H and O–H groups in total. The molecule has 2 aromatic rings. The van der Waals surface area contributed by atoms with E-state index in [0.717, 1.165) is 36.3 Å². The van der Waals surface area contributed by atoms with E-state index in [9.17, 15) is 10.1 Å². The Bertz CT molecular complexity index is 931. The van der Waals surface area contributed by atoms with Crippen LogP contribution in [0.2, 0.25) is 0 Å². The minimum Gasteiger partial charge on any atom is -0.383 e. The van der Waals surface area contributed by atoms with E-state index in [1.807, 2.05) is 38.1 Å². The molecule has 0 saturated heterocycles. The molecule has 0 atom stereocenters. The van der Waals surface area contributed by atoms with E-state index < -0.39 is 0 Å². The summed E-state index contributed by atoms with van der Waals surface area (Å²) in [5.41, 5.74) is 4.40. The van der Waals surface area contributed by atoms with Gasteiger partial charge in [-0.15, -0.1) is 0 Å². The van der Waals surface area contributed by atoms with Gasteiger partial charge in [-0.05, 0) is 50.0 Å². The normalized spacial score (nSPS) is 15.4. The maximum Gasteiger partial charge on any atom is 0.261 e. The summed E-state index contributed by atoms with van der Waals surface area (Å²) in [6.07, 6.45) is 4.98. The smallest absolute Gasteiger partial charge is 0.261 e. The number of amides is 1. The second kappa shape index (κ2) is 9.11. The van der Waals surface area contributed by atoms with Gasteiger partial charge in [-0.3, -0.25) is 4.79 Å². The van der Waals surface area contributed by atoms with Crippen molar-refractivity contribution in [2.75, 3.05) is 20.3 Å². The highest BCUT2D eigenvalue weighted by atomic mass is 16.5. The molecule has 1 aliphatic rings. The zero-order valence-corrected chi connectivity index (χ0v) is 17.5. The van der Waals surface area contributed by atoms with E-state index in [1.54, 1.807) is 13.2 Å². The number of hydrogen-bond acceptors (Lipinski definition) is 3. The summed E-state index contributed by atoms with van der Waals surface area (Å²) in [5.74, 6) is -0.309. The lowest BCUT2D eigenvalue weighted by molar-refractivity contribution is -0.117.